The Bertz CT molecular complexity index is 1870. The molecule has 1 heterocycles. The molecule has 1 nitrogen and oxygen atoms in total. The first kappa shape index (κ1) is 20.7. The molecule has 0 radical (unpaired) electrons. The average Bonchev–Trinajstić information content (AvgIpc) is 3.28. The first-order valence-electron chi connectivity index (χ1n) is 12.5. The van der Waals surface area contributed by atoms with Gasteiger partial charge in [-0.3, -0.25) is 0 Å². The number of para-hydroxylation sites is 2. The third kappa shape index (κ3) is 3.25. The summed E-state index contributed by atoms with van der Waals surface area (Å²) in [7, 11) is 0. The second kappa shape index (κ2) is 8.25. The maximum atomic E-state index is 2.36. The van der Waals surface area contributed by atoms with E-state index in [0.717, 1.165) is 0 Å². The van der Waals surface area contributed by atoms with Gasteiger partial charge in [-0.05, 0) is 75.8 Å². The van der Waals surface area contributed by atoms with E-state index in [0.29, 0.717) is 0 Å². The van der Waals surface area contributed by atoms with Crippen LogP contribution < -0.4 is 0 Å². The summed E-state index contributed by atoms with van der Waals surface area (Å²) in [6, 6.07) is 48.3. The third-order valence-electron chi connectivity index (χ3n) is 7.36. The molecule has 170 valence electrons. The second-order valence-corrected chi connectivity index (χ2v) is 9.47. The van der Waals surface area contributed by atoms with Gasteiger partial charge in [-0.15, -0.1) is 0 Å². The van der Waals surface area contributed by atoms with Crippen molar-refractivity contribution in [1.82, 2.24) is 4.57 Å². The van der Waals surface area contributed by atoms with E-state index >= 15 is 0 Å². The molecule has 0 bridgehead atoms. The van der Waals surface area contributed by atoms with Gasteiger partial charge >= 0.3 is 0 Å². The molecule has 0 amide bonds. The van der Waals surface area contributed by atoms with Crippen LogP contribution in [0.25, 0.3) is 60.5 Å². The van der Waals surface area contributed by atoms with Crippen LogP contribution >= 0.6 is 0 Å². The summed E-state index contributed by atoms with van der Waals surface area (Å²) in [4.78, 5) is 0. The van der Waals surface area contributed by atoms with Crippen LogP contribution in [0, 0.1) is 6.92 Å². The Morgan fingerprint density at radius 2 is 1.03 bits per heavy atom. The molecule has 0 saturated carbocycles. The van der Waals surface area contributed by atoms with Gasteiger partial charge in [0.15, 0.2) is 0 Å². The van der Waals surface area contributed by atoms with Crippen LogP contribution in [0.2, 0.25) is 0 Å². The average molecular weight is 460 g/mol. The fourth-order valence-corrected chi connectivity index (χ4v) is 5.55. The molecule has 0 N–H and O–H groups in total. The molecule has 7 aromatic rings. The van der Waals surface area contributed by atoms with Crippen molar-refractivity contribution in [2.45, 2.75) is 6.92 Å². The molecule has 0 spiro atoms. The highest BCUT2D eigenvalue weighted by Gasteiger charge is 2.13. The molecule has 0 aliphatic carbocycles. The van der Waals surface area contributed by atoms with Gasteiger partial charge in [0.1, 0.15) is 0 Å². The van der Waals surface area contributed by atoms with E-state index in [9.17, 15) is 0 Å². The van der Waals surface area contributed by atoms with Crippen molar-refractivity contribution in [2.75, 3.05) is 0 Å². The Hall–Kier alpha value is -4.62. The van der Waals surface area contributed by atoms with Gasteiger partial charge in [0.25, 0.3) is 0 Å². The molecule has 1 aromatic heterocycles. The van der Waals surface area contributed by atoms with Crippen molar-refractivity contribution in [1.29, 1.82) is 0 Å². The normalized spacial score (nSPS) is 11.5. The number of hydrogen-bond donors (Lipinski definition) is 0. The number of fused-ring (bicyclic) bond motifs is 4. The van der Waals surface area contributed by atoms with Gasteiger partial charge in [-0.2, -0.15) is 0 Å². The quantitative estimate of drug-likeness (QED) is 0.248. The SMILES string of the molecule is Cc1ccc(-c2ccc(-c3ccc4c(c3)c3ccccc3n4-c3ccccc3)cc2)c2ccccc12. The standard InChI is InChI=1S/C35H25N/c1-24-15-21-30(31-12-6-5-11-29(24)31)26-18-16-25(17-19-26)27-20-22-35-33(23-27)32-13-7-8-14-34(32)36(35)28-9-3-2-4-10-28/h2-23H,1H3. The maximum Gasteiger partial charge on any atom is 0.0541 e. The van der Waals surface area contributed by atoms with E-state index in [1.165, 1.54) is 66.1 Å². The number of hydrogen-bond acceptors (Lipinski definition) is 0. The number of rotatable bonds is 3. The lowest BCUT2D eigenvalue weighted by Crippen LogP contribution is -1.92. The molecule has 0 aliphatic heterocycles. The van der Waals surface area contributed by atoms with Crippen LogP contribution in [0.3, 0.4) is 0 Å². The van der Waals surface area contributed by atoms with Crippen molar-refractivity contribution >= 4 is 32.6 Å². The third-order valence-corrected chi connectivity index (χ3v) is 7.36. The van der Waals surface area contributed by atoms with Crippen LogP contribution in [0.4, 0.5) is 0 Å². The van der Waals surface area contributed by atoms with Crippen molar-refractivity contribution in [3.8, 4) is 27.9 Å². The molecular formula is C35H25N. The molecule has 7 rings (SSSR count). The van der Waals surface area contributed by atoms with E-state index in [1.807, 2.05) is 0 Å². The highest BCUT2D eigenvalue weighted by molar-refractivity contribution is 6.10. The Balaban J connectivity index is 1.35. The fourth-order valence-electron chi connectivity index (χ4n) is 5.55. The van der Waals surface area contributed by atoms with E-state index in [-0.39, 0.29) is 0 Å². The second-order valence-electron chi connectivity index (χ2n) is 9.47. The predicted octanol–water partition coefficient (Wildman–Crippen LogP) is 9.58. The Morgan fingerprint density at radius 1 is 0.417 bits per heavy atom. The molecule has 0 atom stereocenters. The fraction of sp³-hybridized carbons (Fsp3) is 0.0286. The molecule has 1 heteroatoms. The van der Waals surface area contributed by atoms with Gasteiger partial charge in [-0.25, -0.2) is 0 Å². The van der Waals surface area contributed by atoms with E-state index in [4.69, 9.17) is 0 Å². The first-order chi connectivity index (χ1) is 17.8. The number of nitrogens with zero attached hydrogens (tertiary/aromatic N) is 1. The lowest BCUT2D eigenvalue weighted by atomic mass is 9.94. The summed E-state index contributed by atoms with van der Waals surface area (Å²) in [6.45, 7) is 2.18. The lowest BCUT2D eigenvalue weighted by molar-refractivity contribution is 1.18. The van der Waals surface area contributed by atoms with Crippen molar-refractivity contribution in [3.05, 3.63) is 139 Å². The monoisotopic (exact) mass is 459 g/mol. The minimum Gasteiger partial charge on any atom is -0.309 e. The largest absolute Gasteiger partial charge is 0.309 e. The highest BCUT2D eigenvalue weighted by Crippen LogP contribution is 2.36. The van der Waals surface area contributed by atoms with Gasteiger partial charge in [0, 0.05) is 16.5 Å². The Morgan fingerprint density at radius 3 is 1.83 bits per heavy atom. The zero-order valence-corrected chi connectivity index (χ0v) is 20.1. The molecule has 0 aliphatic rings. The Labute approximate surface area is 210 Å². The van der Waals surface area contributed by atoms with Crippen LogP contribution in [0.15, 0.2) is 133 Å². The van der Waals surface area contributed by atoms with Gasteiger partial charge in [-0.1, -0.05) is 103 Å². The lowest BCUT2D eigenvalue weighted by Gasteiger charge is -2.11. The van der Waals surface area contributed by atoms with Crippen molar-refractivity contribution < 1.29 is 0 Å². The molecular weight excluding hydrogens is 434 g/mol. The van der Waals surface area contributed by atoms with Gasteiger partial charge < -0.3 is 4.57 Å². The van der Waals surface area contributed by atoms with E-state index in [1.54, 1.807) is 0 Å². The van der Waals surface area contributed by atoms with Crippen LogP contribution in [0.1, 0.15) is 5.56 Å². The van der Waals surface area contributed by atoms with Gasteiger partial charge in [0.05, 0.1) is 11.0 Å². The maximum absolute atomic E-state index is 2.36. The minimum absolute atomic E-state index is 1.19. The van der Waals surface area contributed by atoms with Crippen molar-refractivity contribution in [3.63, 3.8) is 0 Å². The summed E-state index contributed by atoms with van der Waals surface area (Å²) in [5.41, 5.74) is 9.96. The predicted molar refractivity (Wildman–Crippen MR) is 154 cm³/mol. The highest BCUT2D eigenvalue weighted by atomic mass is 15.0. The van der Waals surface area contributed by atoms with Crippen LogP contribution in [-0.4, -0.2) is 4.57 Å². The van der Waals surface area contributed by atoms with Crippen LogP contribution in [-0.2, 0) is 0 Å². The molecule has 0 saturated heterocycles. The van der Waals surface area contributed by atoms with E-state index < -0.39 is 0 Å². The smallest absolute Gasteiger partial charge is 0.0541 e. The topological polar surface area (TPSA) is 4.93 Å². The molecule has 36 heavy (non-hydrogen) atoms. The Kier molecular flexibility index (Phi) is 4.75. The first-order valence-corrected chi connectivity index (χ1v) is 12.5. The zero-order valence-electron chi connectivity index (χ0n) is 20.1. The zero-order chi connectivity index (χ0) is 24.1. The molecule has 6 aromatic carbocycles. The summed E-state index contributed by atoms with van der Waals surface area (Å²) in [5.74, 6) is 0. The van der Waals surface area contributed by atoms with Crippen LogP contribution in [0.5, 0.6) is 0 Å². The summed E-state index contributed by atoms with van der Waals surface area (Å²) in [5, 5.41) is 5.18. The number of aryl methyl sites for hydroxylation is 1. The summed E-state index contributed by atoms with van der Waals surface area (Å²) in [6.07, 6.45) is 0. The summed E-state index contributed by atoms with van der Waals surface area (Å²) < 4.78 is 2.36. The minimum atomic E-state index is 1.19. The number of benzene rings is 6. The van der Waals surface area contributed by atoms with E-state index in [2.05, 4.69) is 145 Å². The molecule has 0 unspecified atom stereocenters. The molecule has 0 fully saturated rings. The van der Waals surface area contributed by atoms with Crippen molar-refractivity contribution in [2.24, 2.45) is 0 Å². The number of aromatic nitrogens is 1. The van der Waals surface area contributed by atoms with Gasteiger partial charge in [0.2, 0.25) is 0 Å². The summed E-state index contributed by atoms with van der Waals surface area (Å²) >= 11 is 0.